The van der Waals surface area contributed by atoms with Crippen molar-refractivity contribution < 1.29 is 0 Å². The first-order chi connectivity index (χ1) is 14.1. The van der Waals surface area contributed by atoms with Gasteiger partial charge in [-0.15, -0.1) is 23.2 Å². The minimum Gasteiger partial charge on any atom is -0.384 e. The number of alkyl halides is 2. The van der Waals surface area contributed by atoms with Crippen LogP contribution in [0.5, 0.6) is 0 Å². The number of rotatable bonds is 7. The third-order valence-corrected chi connectivity index (χ3v) is 6.32. The van der Waals surface area contributed by atoms with E-state index in [1.807, 2.05) is 43.3 Å². The molecule has 1 fully saturated rings. The Hall–Kier alpha value is -1.91. The second-order valence-corrected chi connectivity index (χ2v) is 9.54. The Morgan fingerprint density at radius 1 is 1.17 bits per heavy atom. The van der Waals surface area contributed by atoms with Crippen LogP contribution in [0.2, 0.25) is 10.0 Å². The molecule has 1 aliphatic rings. The first-order valence-corrected chi connectivity index (χ1v) is 10.7. The molecule has 0 aliphatic heterocycles. The van der Waals surface area contributed by atoms with Crippen LogP contribution in [-0.4, -0.2) is 10.2 Å². The Morgan fingerprint density at radius 2 is 1.90 bits per heavy atom. The molecule has 30 heavy (non-hydrogen) atoms. The lowest BCUT2D eigenvalue weighted by atomic mass is 10.1. The van der Waals surface area contributed by atoms with Gasteiger partial charge in [0.1, 0.15) is 10.2 Å². The van der Waals surface area contributed by atoms with Gasteiger partial charge < -0.3 is 11.1 Å². The van der Waals surface area contributed by atoms with E-state index in [9.17, 15) is 0 Å². The van der Waals surface area contributed by atoms with E-state index in [1.54, 1.807) is 18.2 Å². The highest BCUT2D eigenvalue weighted by molar-refractivity contribution is 6.52. The molecule has 3 nitrogen and oxygen atoms in total. The Kier molecular flexibility index (Phi) is 6.88. The van der Waals surface area contributed by atoms with Crippen LogP contribution in [-0.2, 0) is 0 Å². The first kappa shape index (κ1) is 22.8. The number of hydrogen-bond acceptors (Lipinski definition) is 2. The molecule has 0 heterocycles. The highest BCUT2D eigenvalue weighted by Gasteiger charge is 2.65. The van der Waals surface area contributed by atoms with Crippen molar-refractivity contribution in [2.24, 2.45) is 11.7 Å². The lowest BCUT2D eigenvalue weighted by molar-refractivity contribution is 0.946. The van der Waals surface area contributed by atoms with E-state index < -0.39 is 4.33 Å². The van der Waals surface area contributed by atoms with Crippen LogP contribution in [0.3, 0.4) is 0 Å². The number of benzene rings is 2. The minimum atomic E-state index is -0.951. The predicted octanol–water partition coefficient (Wildman–Crippen LogP) is 7.32. The Bertz CT molecular complexity index is 1040. The summed E-state index contributed by atoms with van der Waals surface area (Å²) in [5, 5.41) is 11.8. The topological polar surface area (TPSA) is 61.9 Å². The monoisotopic (exact) mass is 479 g/mol. The number of amidine groups is 1. The van der Waals surface area contributed by atoms with Gasteiger partial charge in [0, 0.05) is 33.3 Å². The molecule has 2 aromatic carbocycles. The van der Waals surface area contributed by atoms with Crippen LogP contribution in [0.25, 0.3) is 6.08 Å². The lowest BCUT2D eigenvalue weighted by Crippen LogP contribution is -2.04. The van der Waals surface area contributed by atoms with Gasteiger partial charge in [0.25, 0.3) is 0 Å². The molecule has 2 atom stereocenters. The summed E-state index contributed by atoms with van der Waals surface area (Å²) in [7, 11) is 0. The third kappa shape index (κ3) is 5.22. The number of aryl methyl sites for hydroxylation is 1. The molecule has 1 saturated carbocycles. The van der Waals surface area contributed by atoms with Crippen LogP contribution in [0.1, 0.15) is 22.6 Å². The van der Waals surface area contributed by atoms with E-state index in [-0.39, 0.29) is 17.7 Å². The molecule has 0 radical (unpaired) electrons. The maximum atomic E-state index is 7.19. The summed E-state index contributed by atoms with van der Waals surface area (Å²) in [6.45, 7) is 6.15. The number of nitrogens with two attached hydrogens (primary N) is 1. The quantitative estimate of drug-likeness (QED) is 0.168. The van der Waals surface area contributed by atoms with Gasteiger partial charge in [0.05, 0.1) is 0 Å². The fourth-order valence-electron chi connectivity index (χ4n) is 3.45. The fraction of sp³-hybridized carbons (Fsp3) is 0.174. The summed E-state index contributed by atoms with van der Waals surface area (Å²) in [5.41, 5.74) is 9.69. The van der Waals surface area contributed by atoms with Gasteiger partial charge in [-0.25, -0.2) is 0 Å². The lowest BCUT2D eigenvalue weighted by Gasteiger charge is -2.11. The molecule has 2 unspecified atom stereocenters. The number of halogens is 4. The van der Waals surface area contributed by atoms with Crippen LogP contribution < -0.4 is 11.1 Å². The highest BCUT2D eigenvalue weighted by Crippen LogP contribution is 2.67. The van der Waals surface area contributed by atoms with Crippen molar-refractivity contribution in [1.29, 1.82) is 5.41 Å². The molecule has 1 aliphatic carbocycles. The first-order valence-electron chi connectivity index (χ1n) is 9.18. The van der Waals surface area contributed by atoms with E-state index in [0.717, 1.165) is 28.1 Å². The standard InChI is InChI=1S/C23H21Cl4N3/c1-13-9-16(11-17(24)10-13)22-21(23(22,26)27)14(2)30-18-7-8-19(25)15(12-18)5-3-4-6-20(28)29/h3-12,21-22,30H,2H2,1H3,(H3,28,29)/b5-3+,6-4-. The zero-order valence-corrected chi connectivity index (χ0v) is 19.2. The molecular formula is C23H21Cl4N3. The molecular weight excluding hydrogens is 460 g/mol. The summed E-state index contributed by atoms with van der Waals surface area (Å²) in [4.78, 5) is 0. The Balaban J connectivity index is 1.76. The van der Waals surface area contributed by atoms with Gasteiger partial charge in [-0.05, 0) is 60.0 Å². The predicted molar refractivity (Wildman–Crippen MR) is 131 cm³/mol. The number of anilines is 1. The van der Waals surface area contributed by atoms with Crippen LogP contribution >= 0.6 is 46.4 Å². The smallest absolute Gasteiger partial charge is 0.134 e. The fourth-order valence-corrected chi connectivity index (χ4v) is 4.82. The molecule has 0 aromatic heterocycles. The Labute approximate surface area is 196 Å². The molecule has 0 bridgehead atoms. The van der Waals surface area contributed by atoms with E-state index in [4.69, 9.17) is 57.5 Å². The highest BCUT2D eigenvalue weighted by atomic mass is 35.5. The second kappa shape index (κ2) is 9.07. The minimum absolute atomic E-state index is 0.0167. The van der Waals surface area contributed by atoms with E-state index in [0.29, 0.717) is 10.0 Å². The van der Waals surface area contributed by atoms with Gasteiger partial charge in [0.15, 0.2) is 0 Å². The van der Waals surface area contributed by atoms with Gasteiger partial charge in [0.2, 0.25) is 0 Å². The van der Waals surface area contributed by atoms with Gasteiger partial charge in [-0.3, -0.25) is 5.41 Å². The average Bonchev–Trinajstić information content (AvgIpc) is 3.22. The third-order valence-electron chi connectivity index (χ3n) is 4.82. The molecule has 3 rings (SSSR count). The summed E-state index contributed by atoms with van der Waals surface area (Å²) in [6, 6.07) is 11.4. The van der Waals surface area contributed by atoms with Gasteiger partial charge in [-0.1, -0.05) is 54.1 Å². The second-order valence-electron chi connectivity index (χ2n) is 7.25. The van der Waals surface area contributed by atoms with Crippen molar-refractivity contribution in [1.82, 2.24) is 0 Å². The molecule has 0 amide bonds. The molecule has 0 saturated heterocycles. The number of allylic oxidation sites excluding steroid dienone is 3. The maximum Gasteiger partial charge on any atom is 0.134 e. The zero-order chi connectivity index (χ0) is 22.1. The van der Waals surface area contributed by atoms with Crippen LogP contribution in [0.4, 0.5) is 5.69 Å². The summed E-state index contributed by atoms with van der Waals surface area (Å²) >= 11 is 25.7. The SMILES string of the molecule is C=C(Nc1ccc(Cl)c(/C=C/C=C\C(=N)N)c1)C1C(c2cc(C)cc(Cl)c2)C1(Cl)Cl. The van der Waals surface area contributed by atoms with Crippen molar-refractivity contribution in [3.05, 3.63) is 93.6 Å². The van der Waals surface area contributed by atoms with Crippen LogP contribution in [0.15, 0.2) is 66.9 Å². The molecule has 0 spiro atoms. The van der Waals surface area contributed by atoms with Crippen molar-refractivity contribution in [3.63, 3.8) is 0 Å². The number of hydrogen-bond donors (Lipinski definition) is 3. The molecule has 7 heteroatoms. The number of nitrogens with one attached hydrogen (secondary N) is 2. The maximum absolute atomic E-state index is 7.19. The Morgan fingerprint density at radius 3 is 2.57 bits per heavy atom. The van der Waals surface area contributed by atoms with Crippen molar-refractivity contribution >= 4 is 64.0 Å². The van der Waals surface area contributed by atoms with Gasteiger partial charge in [-0.2, -0.15) is 0 Å². The average molecular weight is 481 g/mol. The summed E-state index contributed by atoms with van der Waals surface area (Å²) in [5.74, 6) is -0.273. The van der Waals surface area contributed by atoms with E-state index >= 15 is 0 Å². The van der Waals surface area contributed by atoms with Crippen molar-refractivity contribution in [3.8, 4) is 0 Å². The van der Waals surface area contributed by atoms with Crippen LogP contribution in [0, 0.1) is 18.3 Å². The van der Waals surface area contributed by atoms with Crippen molar-refractivity contribution in [2.75, 3.05) is 5.32 Å². The normalized spacial score (nSPS) is 19.9. The molecule has 2 aromatic rings. The summed E-state index contributed by atoms with van der Waals surface area (Å²) < 4.78 is -0.951. The van der Waals surface area contributed by atoms with E-state index in [1.165, 1.54) is 6.08 Å². The largest absolute Gasteiger partial charge is 0.384 e. The van der Waals surface area contributed by atoms with Gasteiger partial charge >= 0.3 is 0 Å². The zero-order valence-electron chi connectivity index (χ0n) is 16.2. The van der Waals surface area contributed by atoms with E-state index in [2.05, 4.69) is 11.9 Å². The molecule has 4 N–H and O–H groups in total. The molecule has 156 valence electrons. The van der Waals surface area contributed by atoms with Crippen molar-refractivity contribution in [2.45, 2.75) is 17.2 Å². The summed E-state index contributed by atoms with van der Waals surface area (Å²) in [6.07, 6.45) is 6.76.